The second-order valence-corrected chi connectivity index (χ2v) is 3.21. The van der Waals surface area contributed by atoms with Crippen LogP contribution in [0.2, 0.25) is 0 Å². The number of nitrogens with zero attached hydrogens (tertiary/aromatic N) is 2. The van der Waals surface area contributed by atoms with Crippen molar-refractivity contribution < 1.29 is 9.90 Å². The van der Waals surface area contributed by atoms with Crippen molar-refractivity contribution in [3.8, 4) is 0 Å². The first-order valence-electron chi connectivity index (χ1n) is 4.82. The zero-order valence-electron chi connectivity index (χ0n) is 8.68. The topological polar surface area (TPSA) is 95.2 Å². The van der Waals surface area contributed by atoms with Gasteiger partial charge in [0.15, 0.2) is 0 Å². The fourth-order valence-corrected chi connectivity index (χ4v) is 1.28. The minimum absolute atomic E-state index is 0.261. The third-order valence-electron chi connectivity index (χ3n) is 2.17. The number of aliphatic hydroxyl groups excluding tert-OH is 1. The predicted octanol–water partition coefficient (Wildman–Crippen LogP) is -0.922. The standard InChI is InChI=1S/C9H16N4O2/c1-2-13(6-14)9(15)8(10)3-7-4-11-5-12-7/h4-5,8,14H,2-3,6,10H2,1H3,(H,11,12)/t8-/m0/s1. The fourth-order valence-electron chi connectivity index (χ4n) is 1.28. The lowest BCUT2D eigenvalue weighted by molar-refractivity contribution is -0.135. The van der Waals surface area contributed by atoms with Crippen LogP contribution in [0.5, 0.6) is 0 Å². The SMILES string of the molecule is CCN(CO)C(=O)[C@@H](N)Cc1c[nH]cn1. The second kappa shape index (κ2) is 5.47. The number of aliphatic hydroxyl groups is 1. The predicted molar refractivity (Wildman–Crippen MR) is 54.7 cm³/mol. The first-order valence-corrected chi connectivity index (χ1v) is 4.82. The van der Waals surface area contributed by atoms with Gasteiger partial charge in [0, 0.05) is 19.2 Å². The van der Waals surface area contributed by atoms with Gasteiger partial charge in [-0.3, -0.25) is 4.79 Å². The molecule has 15 heavy (non-hydrogen) atoms. The van der Waals surface area contributed by atoms with Gasteiger partial charge in [0.05, 0.1) is 18.1 Å². The molecule has 0 unspecified atom stereocenters. The Morgan fingerprint density at radius 1 is 1.80 bits per heavy atom. The van der Waals surface area contributed by atoms with E-state index in [4.69, 9.17) is 10.8 Å². The van der Waals surface area contributed by atoms with Crippen molar-refractivity contribution in [3.05, 3.63) is 18.2 Å². The van der Waals surface area contributed by atoms with Crippen LogP contribution >= 0.6 is 0 Å². The van der Waals surface area contributed by atoms with E-state index in [0.717, 1.165) is 5.69 Å². The average molecular weight is 212 g/mol. The first-order chi connectivity index (χ1) is 7.19. The van der Waals surface area contributed by atoms with Crippen LogP contribution in [0.15, 0.2) is 12.5 Å². The highest BCUT2D eigenvalue weighted by molar-refractivity contribution is 5.81. The van der Waals surface area contributed by atoms with Crippen molar-refractivity contribution >= 4 is 5.91 Å². The van der Waals surface area contributed by atoms with Crippen molar-refractivity contribution in [2.75, 3.05) is 13.3 Å². The summed E-state index contributed by atoms with van der Waals surface area (Å²) in [5.74, 6) is -0.261. The minimum atomic E-state index is -0.652. The van der Waals surface area contributed by atoms with E-state index < -0.39 is 6.04 Å². The molecule has 0 aromatic carbocycles. The van der Waals surface area contributed by atoms with Crippen molar-refractivity contribution in [2.24, 2.45) is 5.73 Å². The molecular weight excluding hydrogens is 196 g/mol. The summed E-state index contributed by atoms with van der Waals surface area (Å²) in [5.41, 5.74) is 6.44. The highest BCUT2D eigenvalue weighted by Crippen LogP contribution is 2.00. The van der Waals surface area contributed by atoms with E-state index >= 15 is 0 Å². The van der Waals surface area contributed by atoms with Crippen LogP contribution in [0.25, 0.3) is 0 Å². The number of carbonyl (C=O) groups excluding carboxylic acids is 1. The summed E-state index contributed by atoms with van der Waals surface area (Å²) in [6.07, 6.45) is 3.61. The Labute approximate surface area is 88.1 Å². The van der Waals surface area contributed by atoms with Crippen LogP contribution in [0.3, 0.4) is 0 Å². The Balaban J connectivity index is 2.53. The molecule has 84 valence electrons. The summed E-state index contributed by atoms with van der Waals surface area (Å²) < 4.78 is 0. The number of carbonyl (C=O) groups is 1. The van der Waals surface area contributed by atoms with E-state index in [1.54, 1.807) is 13.1 Å². The molecule has 0 saturated carbocycles. The zero-order chi connectivity index (χ0) is 11.3. The number of rotatable bonds is 5. The summed E-state index contributed by atoms with van der Waals surface area (Å²) in [5, 5.41) is 8.90. The van der Waals surface area contributed by atoms with Crippen LogP contribution < -0.4 is 5.73 Å². The van der Waals surface area contributed by atoms with Gasteiger partial charge in [0.25, 0.3) is 0 Å². The number of nitrogens with one attached hydrogen (secondary N) is 1. The van der Waals surface area contributed by atoms with Gasteiger partial charge in [-0.1, -0.05) is 0 Å². The molecule has 1 amide bonds. The maximum absolute atomic E-state index is 11.6. The van der Waals surface area contributed by atoms with Crippen LogP contribution in [0.4, 0.5) is 0 Å². The van der Waals surface area contributed by atoms with E-state index in [1.165, 1.54) is 11.2 Å². The summed E-state index contributed by atoms with van der Waals surface area (Å²) >= 11 is 0. The molecule has 0 radical (unpaired) electrons. The molecule has 0 spiro atoms. The van der Waals surface area contributed by atoms with E-state index in [0.29, 0.717) is 13.0 Å². The number of hydrogen-bond acceptors (Lipinski definition) is 4. The van der Waals surface area contributed by atoms with Crippen molar-refractivity contribution in [1.29, 1.82) is 0 Å². The zero-order valence-corrected chi connectivity index (χ0v) is 8.68. The molecule has 0 saturated heterocycles. The lowest BCUT2D eigenvalue weighted by atomic mass is 10.1. The summed E-state index contributed by atoms with van der Waals surface area (Å²) in [6.45, 7) is 1.93. The van der Waals surface area contributed by atoms with Crippen molar-refractivity contribution in [1.82, 2.24) is 14.9 Å². The molecule has 0 bridgehead atoms. The maximum Gasteiger partial charge on any atom is 0.241 e. The average Bonchev–Trinajstić information content (AvgIpc) is 2.72. The number of aromatic nitrogens is 2. The number of aromatic amines is 1. The van der Waals surface area contributed by atoms with Crippen LogP contribution in [-0.2, 0) is 11.2 Å². The van der Waals surface area contributed by atoms with E-state index in [1.807, 2.05) is 0 Å². The van der Waals surface area contributed by atoms with E-state index in [9.17, 15) is 4.79 Å². The molecular formula is C9H16N4O2. The number of amides is 1. The molecule has 0 aliphatic heterocycles. The highest BCUT2D eigenvalue weighted by Gasteiger charge is 2.19. The molecule has 1 heterocycles. The molecule has 1 rings (SSSR count). The van der Waals surface area contributed by atoms with E-state index in [2.05, 4.69) is 9.97 Å². The van der Waals surface area contributed by atoms with Gasteiger partial charge in [-0.2, -0.15) is 0 Å². The molecule has 1 atom stereocenters. The molecule has 0 aliphatic carbocycles. The number of nitrogens with two attached hydrogens (primary N) is 1. The third-order valence-corrected chi connectivity index (χ3v) is 2.17. The van der Waals surface area contributed by atoms with Gasteiger partial charge < -0.3 is 20.7 Å². The van der Waals surface area contributed by atoms with Crippen molar-refractivity contribution in [2.45, 2.75) is 19.4 Å². The summed E-state index contributed by atoms with van der Waals surface area (Å²) in [7, 11) is 0. The lowest BCUT2D eigenvalue weighted by Crippen LogP contribution is -2.45. The fraction of sp³-hybridized carbons (Fsp3) is 0.556. The lowest BCUT2D eigenvalue weighted by Gasteiger charge is -2.21. The Morgan fingerprint density at radius 3 is 3.00 bits per heavy atom. The molecule has 6 heteroatoms. The molecule has 6 nitrogen and oxygen atoms in total. The quantitative estimate of drug-likeness (QED) is 0.550. The van der Waals surface area contributed by atoms with Gasteiger partial charge in [0.2, 0.25) is 5.91 Å². The smallest absolute Gasteiger partial charge is 0.241 e. The van der Waals surface area contributed by atoms with Crippen LogP contribution in [-0.4, -0.2) is 45.2 Å². The van der Waals surface area contributed by atoms with Gasteiger partial charge in [-0.25, -0.2) is 4.98 Å². The normalized spacial score (nSPS) is 12.5. The largest absolute Gasteiger partial charge is 0.376 e. The number of imidazole rings is 1. The number of hydrogen-bond donors (Lipinski definition) is 3. The van der Waals surface area contributed by atoms with Gasteiger partial charge in [-0.15, -0.1) is 0 Å². The Morgan fingerprint density at radius 2 is 2.53 bits per heavy atom. The minimum Gasteiger partial charge on any atom is -0.376 e. The monoisotopic (exact) mass is 212 g/mol. The van der Waals surface area contributed by atoms with Gasteiger partial charge in [0.1, 0.15) is 6.73 Å². The Hall–Kier alpha value is -1.40. The summed E-state index contributed by atoms with van der Waals surface area (Å²) in [4.78, 5) is 19.7. The molecule has 1 aromatic heterocycles. The maximum atomic E-state index is 11.6. The van der Waals surface area contributed by atoms with Crippen molar-refractivity contribution in [3.63, 3.8) is 0 Å². The highest BCUT2D eigenvalue weighted by atomic mass is 16.3. The third kappa shape index (κ3) is 3.03. The van der Waals surface area contributed by atoms with Gasteiger partial charge in [-0.05, 0) is 6.92 Å². The first kappa shape index (κ1) is 11.7. The second-order valence-electron chi connectivity index (χ2n) is 3.21. The molecule has 1 aromatic rings. The number of likely N-dealkylation sites (N-methyl/N-ethyl adjacent to an activating group) is 1. The number of H-pyrrole nitrogens is 1. The van der Waals surface area contributed by atoms with Crippen LogP contribution in [0.1, 0.15) is 12.6 Å². The molecule has 0 aliphatic rings. The van der Waals surface area contributed by atoms with Crippen LogP contribution in [0, 0.1) is 0 Å². The Kier molecular flexibility index (Phi) is 4.26. The molecule has 0 fully saturated rings. The Bertz CT molecular complexity index is 295. The van der Waals surface area contributed by atoms with Gasteiger partial charge >= 0.3 is 0 Å². The summed E-state index contributed by atoms with van der Waals surface area (Å²) in [6, 6.07) is -0.652. The molecule has 4 N–H and O–H groups in total. The van der Waals surface area contributed by atoms with E-state index in [-0.39, 0.29) is 12.6 Å².